The molecule has 0 radical (unpaired) electrons. The quantitative estimate of drug-likeness (QED) is 0.389. The lowest BCUT2D eigenvalue weighted by atomic mass is 10.1. The molecule has 25 heavy (non-hydrogen) atoms. The average Bonchev–Trinajstić information content (AvgIpc) is 2.54. The normalized spacial score (nSPS) is 11.5. The van der Waals surface area contributed by atoms with Gasteiger partial charge in [-0.3, -0.25) is 10.2 Å². The molecule has 2 N–H and O–H groups in total. The van der Waals surface area contributed by atoms with E-state index in [1.165, 1.54) is 18.2 Å². The van der Waals surface area contributed by atoms with Crippen LogP contribution in [0.3, 0.4) is 0 Å². The van der Waals surface area contributed by atoms with Crippen LogP contribution >= 0.6 is 23.2 Å². The Morgan fingerprint density at radius 1 is 1.12 bits per heavy atom. The van der Waals surface area contributed by atoms with Crippen molar-refractivity contribution in [2.75, 3.05) is 10.7 Å². The molecule has 4 nitrogen and oxygen atoms in total. The summed E-state index contributed by atoms with van der Waals surface area (Å²) in [4.78, 5) is 12.4. The van der Waals surface area contributed by atoms with E-state index in [4.69, 9.17) is 23.2 Å². The fourth-order valence-corrected chi connectivity index (χ4v) is 2.28. The number of Topliss-reactive ketones (excluding diaryl/α,β-unsaturated/α-hetero) is 1. The first-order chi connectivity index (χ1) is 11.8. The topological polar surface area (TPSA) is 53.5 Å². The third-order valence-electron chi connectivity index (χ3n) is 3.18. The highest BCUT2D eigenvalue weighted by molar-refractivity contribution is 6.43. The van der Waals surface area contributed by atoms with E-state index in [9.17, 15) is 9.18 Å². The number of hydrazone groups is 1. The minimum Gasteiger partial charge on any atom is -0.333 e. The number of ketones is 1. The highest BCUT2D eigenvalue weighted by Gasteiger charge is 2.16. The molecule has 0 atom stereocenters. The summed E-state index contributed by atoms with van der Waals surface area (Å²) in [5.74, 6) is -0.634. The summed E-state index contributed by atoms with van der Waals surface area (Å²) in [5.41, 5.74) is 3.55. The predicted octanol–water partition coefficient (Wildman–Crippen LogP) is 5.59. The number of benzene rings is 2. The number of carbonyl (C=O) groups excluding carboxylic acids is 1. The summed E-state index contributed by atoms with van der Waals surface area (Å²) in [6.07, 6.45) is 0.281. The molecule has 0 saturated heterocycles. The van der Waals surface area contributed by atoms with Crippen molar-refractivity contribution in [2.45, 2.75) is 20.3 Å². The Hall–Kier alpha value is -2.11. The molecule has 0 bridgehead atoms. The number of anilines is 2. The van der Waals surface area contributed by atoms with Crippen LogP contribution in [0.15, 0.2) is 47.6 Å². The molecular formula is C18H18Cl2FN3O. The van der Waals surface area contributed by atoms with Gasteiger partial charge in [0, 0.05) is 16.5 Å². The summed E-state index contributed by atoms with van der Waals surface area (Å²) >= 11 is 11.6. The fourth-order valence-electron chi connectivity index (χ4n) is 1.99. The molecule has 2 aromatic carbocycles. The van der Waals surface area contributed by atoms with Crippen LogP contribution in [0.5, 0.6) is 0 Å². The molecule has 0 aromatic heterocycles. The van der Waals surface area contributed by atoms with Crippen LogP contribution in [-0.4, -0.2) is 11.6 Å². The Kier molecular flexibility index (Phi) is 6.79. The van der Waals surface area contributed by atoms with E-state index in [-0.39, 0.29) is 34.7 Å². The summed E-state index contributed by atoms with van der Waals surface area (Å²) in [6.45, 7) is 3.84. The number of nitrogens with one attached hydrogen (secondary N) is 2. The average molecular weight is 382 g/mol. The summed E-state index contributed by atoms with van der Waals surface area (Å²) in [5, 5.41) is 7.70. The van der Waals surface area contributed by atoms with E-state index >= 15 is 0 Å². The van der Waals surface area contributed by atoms with E-state index in [2.05, 4.69) is 15.8 Å². The van der Waals surface area contributed by atoms with Gasteiger partial charge in [0.15, 0.2) is 11.6 Å². The molecule has 0 saturated carbocycles. The first kappa shape index (κ1) is 19.2. The molecule has 0 aliphatic heterocycles. The summed E-state index contributed by atoms with van der Waals surface area (Å²) in [7, 11) is 0. The Balaban J connectivity index is 2.23. The maximum atomic E-state index is 14.0. The van der Waals surface area contributed by atoms with Gasteiger partial charge in [0.05, 0.1) is 11.4 Å². The van der Waals surface area contributed by atoms with Gasteiger partial charge < -0.3 is 5.32 Å². The lowest BCUT2D eigenvalue weighted by Gasteiger charge is -2.12. The SMILES string of the molecule is CC(C)CC(=O)/C(=N\Nc1ccc(Cl)cc1)Nc1ccc(Cl)cc1F. The second-order valence-corrected chi connectivity index (χ2v) is 6.72. The monoisotopic (exact) mass is 381 g/mol. The Morgan fingerprint density at radius 2 is 1.76 bits per heavy atom. The van der Waals surface area contributed by atoms with Crippen molar-refractivity contribution in [2.24, 2.45) is 11.0 Å². The third kappa shape index (κ3) is 6.03. The lowest BCUT2D eigenvalue weighted by molar-refractivity contribution is -0.113. The van der Waals surface area contributed by atoms with Gasteiger partial charge in [-0.1, -0.05) is 37.0 Å². The largest absolute Gasteiger partial charge is 0.333 e. The smallest absolute Gasteiger partial charge is 0.200 e. The first-order valence-corrected chi connectivity index (χ1v) is 8.45. The summed E-state index contributed by atoms with van der Waals surface area (Å²) in [6, 6.07) is 11.0. The molecule has 0 spiro atoms. The van der Waals surface area contributed by atoms with Crippen LogP contribution in [0, 0.1) is 11.7 Å². The number of rotatable bonds is 6. The molecule has 0 aliphatic rings. The Morgan fingerprint density at radius 3 is 2.36 bits per heavy atom. The molecule has 0 heterocycles. The van der Waals surface area contributed by atoms with Gasteiger partial charge >= 0.3 is 0 Å². The molecule has 0 aliphatic carbocycles. The minimum atomic E-state index is -0.566. The molecule has 0 amide bonds. The zero-order chi connectivity index (χ0) is 18.4. The van der Waals surface area contributed by atoms with Gasteiger partial charge in [-0.25, -0.2) is 4.39 Å². The molecule has 0 fully saturated rings. The van der Waals surface area contributed by atoms with Crippen molar-refractivity contribution in [3.05, 3.63) is 58.3 Å². The van der Waals surface area contributed by atoms with Gasteiger partial charge in [-0.05, 0) is 48.4 Å². The highest BCUT2D eigenvalue weighted by atomic mass is 35.5. The van der Waals surface area contributed by atoms with Crippen LogP contribution in [0.2, 0.25) is 10.0 Å². The van der Waals surface area contributed by atoms with E-state index in [0.29, 0.717) is 10.7 Å². The Labute approximate surface area is 156 Å². The van der Waals surface area contributed by atoms with Crippen molar-refractivity contribution in [3.63, 3.8) is 0 Å². The number of hydrogen-bond acceptors (Lipinski definition) is 3. The first-order valence-electron chi connectivity index (χ1n) is 7.69. The zero-order valence-electron chi connectivity index (χ0n) is 13.8. The van der Waals surface area contributed by atoms with E-state index in [1.54, 1.807) is 24.3 Å². The maximum absolute atomic E-state index is 14.0. The molecular weight excluding hydrogens is 364 g/mol. The van der Waals surface area contributed by atoms with Crippen molar-refractivity contribution in [1.29, 1.82) is 0 Å². The van der Waals surface area contributed by atoms with Gasteiger partial charge in [0.2, 0.25) is 0 Å². The minimum absolute atomic E-state index is 0.0184. The molecule has 0 unspecified atom stereocenters. The van der Waals surface area contributed by atoms with Crippen molar-refractivity contribution in [1.82, 2.24) is 0 Å². The van der Waals surface area contributed by atoms with Crippen LogP contribution in [0.1, 0.15) is 20.3 Å². The van der Waals surface area contributed by atoms with Crippen LogP contribution in [0.25, 0.3) is 0 Å². The second kappa shape index (κ2) is 8.83. The van der Waals surface area contributed by atoms with Crippen molar-refractivity contribution >= 4 is 46.2 Å². The molecule has 132 valence electrons. The van der Waals surface area contributed by atoms with Gasteiger partial charge in [0.1, 0.15) is 5.82 Å². The van der Waals surface area contributed by atoms with E-state index in [1.807, 2.05) is 13.8 Å². The zero-order valence-corrected chi connectivity index (χ0v) is 15.3. The van der Waals surface area contributed by atoms with Crippen LogP contribution in [-0.2, 0) is 4.79 Å². The van der Waals surface area contributed by atoms with Crippen LogP contribution < -0.4 is 10.7 Å². The lowest BCUT2D eigenvalue weighted by Crippen LogP contribution is -2.26. The number of hydrogen-bond donors (Lipinski definition) is 2. The molecule has 2 rings (SSSR count). The summed E-state index contributed by atoms with van der Waals surface area (Å²) < 4.78 is 14.0. The fraction of sp³-hybridized carbons (Fsp3) is 0.222. The van der Waals surface area contributed by atoms with Gasteiger partial charge in [0.25, 0.3) is 0 Å². The Bertz CT molecular complexity index is 776. The second-order valence-electron chi connectivity index (χ2n) is 5.85. The number of halogens is 3. The van der Waals surface area contributed by atoms with E-state index < -0.39 is 5.82 Å². The van der Waals surface area contributed by atoms with Crippen molar-refractivity contribution in [3.8, 4) is 0 Å². The standard InChI is InChI=1S/C18H18Cl2FN3O/c1-11(2)9-17(25)18(22-16-8-5-13(20)10-15(16)21)24-23-14-6-3-12(19)4-7-14/h3-8,10-11,23H,9H2,1-2H3,(H,22,24). The highest BCUT2D eigenvalue weighted by Crippen LogP contribution is 2.20. The number of carbonyl (C=O) groups is 1. The van der Waals surface area contributed by atoms with Crippen molar-refractivity contribution < 1.29 is 9.18 Å². The van der Waals surface area contributed by atoms with E-state index in [0.717, 1.165) is 0 Å². The maximum Gasteiger partial charge on any atom is 0.200 e. The van der Waals surface area contributed by atoms with Gasteiger partial charge in [-0.15, -0.1) is 0 Å². The molecule has 7 heteroatoms. The third-order valence-corrected chi connectivity index (χ3v) is 3.67. The number of nitrogens with zero attached hydrogens (tertiary/aromatic N) is 1. The predicted molar refractivity (Wildman–Crippen MR) is 102 cm³/mol. The van der Waals surface area contributed by atoms with Crippen LogP contribution in [0.4, 0.5) is 15.8 Å². The molecule has 2 aromatic rings. The number of amidine groups is 1. The van der Waals surface area contributed by atoms with Gasteiger partial charge in [-0.2, -0.15) is 5.10 Å².